The molecule has 0 spiro atoms. The molecule has 0 aliphatic carbocycles. The maximum absolute atomic E-state index is 5.13. The molecule has 0 aliphatic rings. The van der Waals surface area contributed by atoms with Crippen LogP contribution in [0.25, 0.3) is 104 Å². The van der Waals surface area contributed by atoms with E-state index in [-0.39, 0.29) is 0 Å². The summed E-state index contributed by atoms with van der Waals surface area (Å²) in [4.78, 5) is 15.2. The Morgan fingerprint density at radius 3 is 1.55 bits per heavy atom. The average molecular weight is 733 g/mol. The van der Waals surface area contributed by atoms with E-state index in [0.717, 1.165) is 39.0 Å². The first kappa shape index (κ1) is 32.2. The number of para-hydroxylation sites is 1. The van der Waals surface area contributed by atoms with E-state index in [0.29, 0.717) is 17.5 Å². The molecular formula is C51H32N4S. The van der Waals surface area contributed by atoms with Crippen molar-refractivity contribution in [2.75, 3.05) is 0 Å². The standard InChI is InChI=1S/C51H32N4S/c1-4-12-33(13-5-1)34-20-22-36(23-21-34)50-52-49(35-14-6-2-7-15-35)53-51(54-50)39-25-27-41-44-30-37(26-29-45(44)55(46(41)31-39)40-16-8-3-9-17-40)38-24-28-43-42-18-10-11-19-47(42)56-48(43)32-38/h1-32H. The summed E-state index contributed by atoms with van der Waals surface area (Å²) in [5.41, 5.74) is 10.9. The molecule has 0 N–H and O–H groups in total. The van der Waals surface area contributed by atoms with Crippen LogP contribution >= 0.6 is 11.3 Å². The van der Waals surface area contributed by atoms with Gasteiger partial charge in [0, 0.05) is 53.3 Å². The molecule has 0 radical (unpaired) electrons. The summed E-state index contributed by atoms with van der Waals surface area (Å²) in [5, 5.41) is 5.00. The van der Waals surface area contributed by atoms with Gasteiger partial charge in [0.25, 0.3) is 0 Å². The Hall–Kier alpha value is -7.21. The van der Waals surface area contributed by atoms with Crippen molar-refractivity contribution < 1.29 is 0 Å². The molecular weight excluding hydrogens is 701 g/mol. The molecule has 5 heteroatoms. The third-order valence-electron chi connectivity index (χ3n) is 10.7. The highest BCUT2D eigenvalue weighted by Gasteiger charge is 2.18. The number of aromatic nitrogens is 4. The maximum Gasteiger partial charge on any atom is 0.164 e. The van der Waals surface area contributed by atoms with Crippen molar-refractivity contribution >= 4 is 53.3 Å². The van der Waals surface area contributed by atoms with Gasteiger partial charge in [-0.25, -0.2) is 15.0 Å². The third-order valence-corrected chi connectivity index (χ3v) is 11.8. The summed E-state index contributed by atoms with van der Waals surface area (Å²) in [6.07, 6.45) is 0. The number of hydrogen-bond donors (Lipinski definition) is 0. The molecule has 56 heavy (non-hydrogen) atoms. The van der Waals surface area contributed by atoms with E-state index in [4.69, 9.17) is 15.0 Å². The normalized spacial score (nSPS) is 11.6. The van der Waals surface area contributed by atoms with Crippen LogP contribution in [0.5, 0.6) is 0 Å². The van der Waals surface area contributed by atoms with Crippen molar-refractivity contribution in [3.63, 3.8) is 0 Å². The van der Waals surface area contributed by atoms with Gasteiger partial charge in [-0.3, -0.25) is 0 Å². The molecule has 262 valence electrons. The van der Waals surface area contributed by atoms with Crippen molar-refractivity contribution in [1.82, 2.24) is 19.5 Å². The summed E-state index contributed by atoms with van der Waals surface area (Å²) in [6.45, 7) is 0. The lowest BCUT2D eigenvalue weighted by Crippen LogP contribution is -2.00. The monoisotopic (exact) mass is 732 g/mol. The zero-order chi connectivity index (χ0) is 37.0. The van der Waals surface area contributed by atoms with Crippen LogP contribution in [0, 0.1) is 0 Å². The van der Waals surface area contributed by atoms with Crippen LogP contribution < -0.4 is 0 Å². The fourth-order valence-corrected chi connectivity index (χ4v) is 9.04. The third kappa shape index (κ3) is 5.56. The number of benzene rings is 8. The van der Waals surface area contributed by atoms with Crippen LogP contribution in [0.2, 0.25) is 0 Å². The van der Waals surface area contributed by atoms with Gasteiger partial charge in [-0.2, -0.15) is 0 Å². The molecule has 0 saturated heterocycles. The highest BCUT2D eigenvalue weighted by molar-refractivity contribution is 7.25. The molecule has 0 unspecified atom stereocenters. The Morgan fingerprint density at radius 1 is 0.304 bits per heavy atom. The first-order valence-corrected chi connectivity index (χ1v) is 19.6. The summed E-state index contributed by atoms with van der Waals surface area (Å²) >= 11 is 1.86. The molecule has 3 heterocycles. The highest BCUT2D eigenvalue weighted by Crippen LogP contribution is 2.40. The van der Waals surface area contributed by atoms with Crippen LogP contribution in [0.4, 0.5) is 0 Å². The predicted octanol–water partition coefficient (Wildman–Crippen LogP) is 13.7. The van der Waals surface area contributed by atoms with E-state index in [2.05, 4.69) is 162 Å². The lowest BCUT2D eigenvalue weighted by molar-refractivity contribution is 1.07. The van der Waals surface area contributed by atoms with Crippen molar-refractivity contribution in [2.45, 2.75) is 0 Å². The first-order valence-electron chi connectivity index (χ1n) is 18.8. The van der Waals surface area contributed by atoms with E-state index >= 15 is 0 Å². The summed E-state index contributed by atoms with van der Waals surface area (Å²) in [7, 11) is 0. The smallest absolute Gasteiger partial charge is 0.164 e. The second-order valence-electron chi connectivity index (χ2n) is 14.1. The molecule has 8 aromatic carbocycles. The minimum atomic E-state index is 0.630. The SMILES string of the molecule is c1ccc(-c2ccc(-c3nc(-c4ccccc4)nc(-c4ccc5c6cc(-c7ccc8c(c7)sc7ccccc78)ccc6n(-c6ccccc6)c5c4)n3)cc2)cc1. The summed E-state index contributed by atoms with van der Waals surface area (Å²) in [6, 6.07) is 68.7. The van der Waals surface area contributed by atoms with E-state index < -0.39 is 0 Å². The van der Waals surface area contributed by atoms with Crippen molar-refractivity contribution in [1.29, 1.82) is 0 Å². The highest BCUT2D eigenvalue weighted by atomic mass is 32.1. The topological polar surface area (TPSA) is 43.6 Å². The lowest BCUT2D eigenvalue weighted by Gasteiger charge is -2.11. The summed E-state index contributed by atoms with van der Waals surface area (Å²) in [5.74, 6) is 1.91. The number of hydrogen-bond acceptors (Lipinski definition) is 4. The lowest BCUT2D eigenvalue weighted by atomic mass is 10.0. The minimum absolute atomic E-state index is 0.630. The van der Waals surface area contributed by atoms with Gasteiger partial charge in [0.15, 0.2) is 17.5 Å². The molecule has 0 fully saturated rings. The quantitative estimate of drug-likeness (QED) is 0.171. The van der Waals surface area contributed by atoms with E-state index in [1.807, 2.05) is 47.7 Å². The molecule has 3 aromatic heterocycles. The van der Waals surface area contributed by atoms with Crippen molar-refractivity contribution in [3.05, 3.63) is 194 Å². The van der Waals surface area contributed by atoms with E-state index in [9.17, 15) is 0 Å². The Morgan fingerprint density at radius 2 is 0.804 bits per heavy atom. The molecule has 4 nitrogen and oxygen atoms in total. The van der Waals surface area contributed by atoms with Crippen LogP contribution in [0.1, 0.15) is 0 Å². The average Bonchev–Trinajstić information content (AvgIpc) is 3.82. The zero-order valence-electron chi connectivity index (χ0n) is 30.2. The van der Waals surface area contributed by atoms with Gasteiger partial charge in [0.2, 0.25) is 0 Å². The van der Waals surface area contributed by atoms with Gasteiger partial charge in [0.1, 0.15) is 0 Å². The van der Waals surface area contributed by atoms with Crippen LogP contribution in [-0.4, -0.2) is 19.5 Å². The number of rotatable bonds is 6. The molecule has 11 rings (SSSR count). The number of thiophene rings is 1. The first-order chi connectivity index (χ1) is 27.7. The van der Waals surface area contributed by atoms with Gasteiger partial charge in [-0.1, -0.05) is 152 Å². The van der Waals surface area contributed by atoms with Crippen LogP contribution in [-0.2, 0) is 0 Å². The van der Waals surface area contributed by atoms with Crippen LogP contribution in [0.15, 0.2) is 194 Å². The maximum atomic E-state index is 5.13. The molecule has 0 saturated carbocycles. The molecule has 11 aromatic rings. The molecule has 0 bridgehead atoms. The Labute approximate surface area is 327 Å². The summed E-state index contributed by atoms with van der Waals surface area (Å²) < 4.78 is 4.98. The van der Waals surface area contributed by atoms with Crippen molar-refractivity contribution in [3.8, 4) is 62.1 Å². The number of nitrogens with zero attached hydrogens (tertiary/aromatic N) is 4. The van der Waals surface area contributed by atoms with E-state index in [1.54, 1.807) is 0 Å². The van der Waals surface area contributed by atoms with Gasteiger partial charge >= 0.3 is 0 Å². The fourth-order valence-electron chi connectivity index (χ4n) is 7.89. The second-order valence-corrected chi connectivity index (χ2v) is 15.1. The molecule has 0 aliphatic heterocycles. The Kier molecular flexibility index (Phi) is 7.64. The van der Waals surface area contributed by atoms with E-state index in [1.165, 1.54) is 47.6 Å². The number of fused-ring (bicyclic) bond motifs is 6. The fraction of sp³-hybridized carbons (Fsp3) is 0. The second kappa shape index (κ2) is 13.3. The minimum Gasteiger partial charge on any atom is -0.309 e. The van der Waals surface area contributed by atoms with Gasteiger partial charge in [0.05, 0.1) is 11.0 Å². The predicted molar refractivity (Wildman–Crippen MR) is 234 cm³/mol. The van der Waals surface area contributed by atoms with Crippen molar-refractivity contribution in [2.24, 2.45) is 0 Å². The molecule has 0 amide bonds. The Bertz CT molecular complexity index is 3220. The Balaban J connectivity index is 1.07. The van der Waals surface area contributed by atoms with Gasteiger partial charge in [-0.15, -0.1) is 11.3 Å². The zero-order valence-corrected chi connectivity index (χ0v) is 31.0. The molecule has 0 atom stereocenters. The largest absolute Gasteiger partial charge is 0.309 e. The van der Waals surface area contributed by atoms with Gasteiger partial charge in [-0.05, 0) is 64.7 Å². The van der Waals surface area contributed by atoms with Gasteiger partial charge < -0.3 is 4.57 Å². The van der Waals surface area contributed by atoms with Crippen LogP contribution in [0.3, 0.4) is 0 Å².